The van der Waals surface area contributed by atoms with E-state index in [1.54, 1.807) is 6.92 Å². The SMILES string of the molecule is CCOc1cc([C@H](N)CC(F)F)ccc1O. The predicted octanol–water partition coefficient (Wildman–Crippen LogP) is 2.45. The van der Waals surface area contributed by atoms with Crippen molar-refractivity contribution in [2.75, 3.05) is 6.61 Å². The van der Waals surface area contributed by atoms with Gasteiger partial charge in [0.2, 0.25) is 6.43 Å². The van der Waals surface area contributed by atoms with Crippen LogP contribution in [0.5, 0.6) is 11.5 Å². The molecule has 1 rings (SSSR count). The fraction of sp³-hybridized carbons (Fsp3) is 0.455. The number of aromatic hydroxyl groups is 1. The van der Waals surface area contributed by atoms with Crippen LogP contribution in [0.4, 0.5) is 8.78 Å². The van der Waals surface area contributed by atoms with Gasteiger partial charge in [-0.15, -0.1) is 0 Å². The third kappa shape index (κ3) is 3.34. The first-order chi connectivity index (χ1) is 7.54. The van der Waals surface area contributed by atoms with E-state index in [1.807, 2.05) is 0 Å². The third-order valence-electron chi connectivity index (χ3n) is 2.14. The maximum atomic E-state index is 12.1. The van der Waals surface area contributed by atoms with Gasteiger partial charge in [0, 0.05) is 12.5 Å². The van der Waals surface area contributed by atoms with E-state index in [2.05, 4.69) is 0 Å². The van der Waals surface area contributed by atoms with Crippen LogP contribution in [0.2, 0.25) is 0 Å². The van der Waals surface area contributed by atoms with E-state index in [-0.39, 0.29) is 11.5 Å². The molecule has 0 aliphatic heterocycles. The lowest BCUT2D eigenvalue weighted by Gasteiger charge is -2.13. The number of rotatable bonds is 5. The summed E-state index contributed by atoms with van der Waals surface area (Å²) in [5.74, 6) is 0.250. The Morgan fingerprint density at radius 1 is 1.44 bits per heavy atom. The smallest absolute Gasteiger partial charge is 0.240 e. The summed E-state index contributed by atoms with van der Waals surface area (Å²) in [6.45, 7) is 2.16. The van der Waals surface area contributed by atoms with Gasteiger partial charge in [0.15, 0.2) is 11.5 Å². The van der Waals surface area contributed by atoms with Crippen molar-refractivity contribution in [1.82, 2.24) is 0 Å². The van der Waals surface area contributed by atoms with E-state index in [9.17, 15) is 13.9 Å². The van der Waals surface area contributed by atoms with Crippen molar-refractivity contribution >= 4 is 0 Å². The van der Waals surface area contributed by atoms with Gasteiger partial charge < -0.3 is 15.6 Å². The number of phenolic OH excluding ortho intramolecular Hbond substituents is 1. The Morgan fingerprint density at radius 3 is 2.69 bits per heavy atom. The molecule has 0 bridgehead atoms. The van der Waals surface area contributed by atoms with Gasteiger partial charge in [-0.2, -0.15) is 0 Å². The second kappa shape index (κ2) is 5.65. The average Bonchev–Trinajstić information content (AvgIpc) is 2.20. The molecule has 0 saturated carbocycles. The van der Waals surface area contributed by atoms with Crippen LogP contribution in [0.1, 0.15) is 24.9 Å². The van der Waals surface area contributed by atoms with Crippen molar-refractivity contribution in [3.05, 3.63) is 23.8 Å². The first-order valence-corrected chi connectivity index (χ1v) is 5.04. The van der Waals surface area contributed by atoms with Crippen molar-refractivity contribution in [1.29, 1.82) is 0 Å². The van der Waals surface area contributed by atoms with Gasteiger partial charge in [-0.05, 0) is 24.6 Å². The third-order valence-corrected chi connectivity index (χ3v) is 2.14. The van der Waals surface area contributed by atoms with Gasteiger partial charge >= 0.3 is 0 Å². The molecule has 3 N–H and O–H groups in total. The zero-order chi connectivity index (χ0) is 12.1. The molecule has 0 unspecified atom stereocenters. The molecule has 0 aliphatic rings. The lowest BCUT2D eigenvalue weighted by Crippen LogP contribution is -2.14. The summed E-state index contributed by atoms with van der Waals surface area (Å²) in [6, 6.07) is 3.66. The summed E-state index contributed by atoms with van der Waals surface area (Å²) in [6.07, 6.45) is -2.85. The highest BCUT2D eigenvalue weighted by atomic mass is 19.3. The van der Waals surface area contributed by atoms with Crippen LogP contribution >= 0.6 is 0 Å². The van der Waals surface area contributed by atoms with Crippen molar-refractivity contribution in [2.24, 2.45) is 5.73 Å². The van der Waals surface area contributed by atoms with Crippen molar-refractivity contribution in [2.45, 2.75) is 25.8 Å². The van der Waals surface area contributed by atoms with Crippen LogP contribution in [0.25, 0.3) is 0 Å². The Balaban J connectivity index is 2.84. The second-order valence-electron chi connectivity index (χ2n) is 3.39. The molecule has 3 nitrogen and oxygen atoms in total. The number of benzene rings is 1. The first-order valence-electron chi connectivity index (χ1n) is 5.04. The lowest BCUT2D eigenvalue weighted by molar-refractivity contribution is 0.128. The quantitative estimate of drug-likeness (QED) is 0.818. The molecular weight excluding hydrogens is 216 g/mol. The fourth-order valence-corrected chi connectivity index (χ4v) is 1.36. The molecule has 1 atom stereocenters. The van der Waals surface area contributed by atoms with Crippen molar-refractivity contribution in [3.8, 4) is 11.5 Å². The lowest BCUT2D eigenvalue weighted by atomic mass is 10.0. The van der Waals surface area contributed by atoms with E-state index < -0.39 is 18.9 Å². The molecule has 0 aliphatic carbocycles. The molecular formula is C11H15F2NO2. The molecule has 0 fully saturated rings. The van der Waals surface area contributed by atoms with E-state index in [1.165, 1.54) is 18.2 Å². The summed E-state index contributed by atoms with van der Waals surface area (Å²) in [5.41, 5.74) is 6.12. The van der Waals surface area contributed by atoms with Gasteiger partial charge in [0.1, 0.15) is 0 Å². The minimum atomic E-state index is -2.45. The van der Waals surface area contributed by atoms with Crippen LogP contribution in [0.3, 0.4) is 0 Å². The minimum Gasteiger partial charge on any atom is -0.504 e. The number of hydrogen-bond donors (Lipinski definition) is 2. The maximum absolute atomic E-state index is 12.1. The fourth-order valence-electron chi connectivity index (χ4n) is 1.36. The van der Waals surface area contributed by atoms with E-state index in [0.29, 0.717) is 12.2 Å². The highest BCUT2D eigenvalue weighted by Gasteiger charge is 2.14. The molecule has 0 saturated heterocycles. The Labute approximate surface area is 92.8 Å². The Bertz CT molecular complexity index is 345. The largest absolute Gasteiger partial charge is 0.504 e. The molecule has 16 heavy (non-hydrogen) atoms. The van der Waals surface area contributed by atoms with Gasteiger partial charge in [-0.25, -0.2) is 8.78 Å². The summed E-state index contributed by atoms with van der Waals surface area (Å²) >= 11 is 0. The predicted molar refractivity (Wildman–Crippen MR) is 56.8 cm³/mol. The van der Waals surface area contributed by atoms with Crippen LogP contribution in [0, 0.1) is 0 Å². The molecule has 0 amide bonds. The van der Waals surface area contributed by atoms with Crippen molar-refractivity contribution < 1.29 is 18.6 Å². The van der Waals surface area contributed by atoms with Gasteiger partial charge in [0.25, 0.3) is 0 Å². The normalized spacial score (nSPS) is 12.8. The average molecular weight is 231 g/mol. The highest BCUT2D eigenvalue weighted by molar-refractivity contribution is 5.42. The van der Waals surface area contributed by atoms with E-state index in [4.69, 9.17) is 10.5 Å². The van der Waals surface area contributed by atoms with Crippen LogP contribution in [-0.2, 0) is 0 Å². The van der Waals surface area contributed by atoms with Gasteiger partial charge in [0.05, 0.1) is 6.61 Å². The summed E-state index contributed by atoms with van der Waals surface area (Å²) in [4.78, 5) is 0. The Kier molecular flexibility index (Phi) is 4.49. The maximum Gasteiger partial charge on any atom is 0.240 e. The second-order valence-corrected chi connectivity index (χ2v) is 3.39. The van der Waals surface area contributed by atoms with Crippen LogP contribution in [-0.4, -0.2) is 18.1 Å². The zero-order valence-electron chi connectivity index (χ0n) is 8.99. The highest BCUT2D eigenvalue weighted by Crippen LogP contribution is 2.30. The molecule has 1 aromatic rings. The minimum absolute atomic E-state index is 0.0187. The van der Waals surface area contributed by atoms with Crippen LogP contribution < -0.4 is 10.5 Å². The van der Waals surface area contributed by atoms with E-state index >= 15 is 0 Å². The molecule has 0 heterocycles. The number of alkyl halides is 2. The number of nitrogens with two attached hydrogens (primary N) is 1. The Hall–Kier alpha value is -1.36. The number of halogens is 2. The molecule has 0 aromatic heterocycles. The topological polar surface area (TPSA) is 55.5 Å². The molecule has 0 radical (unpaired) electrons. The van der Waals surface area contributed by atoms with Gasteiger partial charge in [-0.1, -0.05) is 6.07 Å². The van der Waals surface area contributed by atoms with Gasteiger partial charge in [-0.3, -0.25) is 0 Å². The van der Waals surface area contributed by atoms with Crippen LogP contribution in [0.15, 0.2) is 18.2 Å². The number of hydrogen-bond acceptors (Lipinski definition) is 3. The number of phenols is 1. The zero-order valence-corrected chi connectivity index (χ0v) is 8.99. The van der Waals surface area contributed by atoms with Crippen molar-refractivity contribution in [3.63, 3.8) is 0 Å². The summed E-state index contributed by atoms with van der Waals surface area (Å²) in [5, 5.41) is 9.42. The molecule has 5 heteroatoms. The summed E-state index contributed by atoms with van der Waals surface area (Å²) in [7, 11) is 0. The number of ether oxygens (including phenoxy) is 1. The standard InChI is InChI=1S/C11H15F2NO2/c1-2-16-10-5-7(3-4-9(10)15)8(14)6-11(12)13/h3-5,8,11,15H,2,6,14H2,1H3/t8-/m1/s1. The Morgan fingerprint density at radius 2 is 2.12 bits per heavy atom. The first kappa shape index (κ1) is 12.7. The molecule has 1 aromatic carbocycles. The molecule has 0 spiro atoms. The molecule has 90 valence electrons. The summed E-state index contributed by atoms with van der Waals surface area (Å²) < 4.78 is 29.4. The van der Waals surface area contributed by atoms with E-state index in [0.717, 1.165) is 0 Å². The monoisotopic (exact) mass is 231 g/mol.